The van der Waals surface area contributed by atoms with E-state index in [4.69, 9.17) is 14.6 Å². The third-order valence-corrected chi connectivity index (χ3v) is 2.17. The summed E-state index contributed by atoms with van der Waals surface area (Å²) in [6.45, 7) is 2.63. The van der Waals surface area contributed by atoms with Crippen molar-refractivity contribution in [1.82, 2.24) is 0 Å². The Morgan fingerprint density at radius 3 is 2.69 bits per heavy atom. The molecular formula is C12H16O4. The SMILES string of the molecule is CCCCOc1cc(C(=O)O)ccc1OC. The summed E-state index contributed by atoms with van der Waals surface area (Å²) in [6, 6.07) is 4.58. The molecule has 0 radical (unpaired) electrons. The van der Waals surface area contributed by atoms with Crippen LogP contribution >= 0.6 is 0 Å². The number of benzene rings is 1. The van der Waals surface area contributed by atoms with Crippen LogP contribution in [-0.2, 0) is 0 Å². The number of unbranched alkanes of at least 4 members (excludes halogenated alkanes) is 1. The molecule has 0 bridgehead atoms. The van der Waals surface area contributed by atoms with Gasteiger partial charge in [0.2, 0.25) is 0 Å². The smallest absolute Gasteiger partial charge is 0.335 e. The molecule has 0 amide bonds. The molecule has 0 saturated carbocycles. The third kappa shape index (κ3) is 3.15. The zero-order valence-corrected chi connectivity index (χ0v) is 9.53. The van der Waals surface area contributed by atoms with E-state index in [1.807, 2.05) is 0 Å². The lowest BCUT2D eigenvalue weighted by Gasteiger charge is -2.10. The monoisotopic (exact) mass is 224 g/mol. The van der Waals surface area contributed by atoms with Crippen molar-refractivity contribution in [3.05, 3.63) is 23.8 Å². The third-order valence-electron chi connectivity index (χ3n) is 2.17. The molecule has 0 aliphatic carbocycles. The number of ether oxygens (including phenoxy) is 2. The molecule has 4 heteroatoms. The van der Waals surface area contributed by atoms with Crippen molar-refractivity contribution < 1.29 is 19.4 Å². The van der Waals surface area contributed by atoms with E-state index in [2.05, 4.69) is 6.92 Å². The highest BCUT2D eigenvalue weighted by Gasteiger charge is 2.09. The van der Waals surface area contributed by atoms with Gasteiger partial charge in [0.25, 0.3) is 0 Å². The minimum Gasteiger partial charge on any atom is -0.493 e. The maximum Gasteiger partial charge on any atom is 0.335 e. The van der Waals surface area contributed by atoms with Crippen molar-refractivity contribution in [2.45, 2.75) is 19.8 Å². The molecule has 16 heavy (non-hydrogen) atoms. The molecule has 0 heterocycles. The fourth-order valence-electron chi connectivity index (χ4n) is 1.25. The lowest BCUT2D eigenvalue weighted by Crippen LogP contribution is -2.02. The van der Waals surface area contributed by atoms with Crippen LogP contribution in [0.1, 0.15) is 30.1 Å². The van der Waals surface area contributed by atoms with E-state index in [-0.39, 0.29) is 5.56 Å². The predicted octanol–water partition coefficient (Wildman–Crippen LogP) is 2.57. The van der Waals surface area contributed by atoms with Gasteiger partial charge in [0, 0.05) is 0 Å². The Labute approximate surface area is 94.8 Å². The fourth-order valence-corrected chi connectivity index (χ4v) is 1.25. The normalized spacial score (nSPS) is 9.88. The largest absolute Gasteiger partial charge is 0.493 e. The predicted molar refractivity (Wildman–Crippen MR) is 60.4 cm³/mol. The number of carbonyl (C=O) groups is 1. The van der Waals surface area contributed by atoms with Crippen LogP contribution in [0.2, 0.25) is 0 Å². The minimum absolute atomic E-state index is 0.201. The minimum atomic E-state index is -0.969. The van der Waals surface area contributed by atoms with Crippen molar-refractivity contribution >= 4 is 5.97 Å². The zero-order chi connectivity index (χ0) is 12.0. The molecule has 88 valence electrons. The maximum atomic E-state index is 10.8. The summed E-state index contributed by atoms with van der Waals surface area (Å²) in [6.07, 6.45) is 1.96. The van der Waals surface area contributed by atoms with Gasteiger partial charge in [0.05, 0.1) is 19.3 Å². The van der Waals surface area contributed by atoms with E-state index >= 15 is 0 Å². The van der Waals surface area contributed by atoms with E-state index < -0.39 is 5.97 Å². The van der Waals surface area contributed by atoms with Crippen molar-refractivity contribution in [2.75, 3.05) is 13.7 Å². The molecule has 0 atom stereocenters. The Morgan fingerprint density at radius 2 is 2.12 bits per heavy atom. The van der Waals surface area contributed by atoms with Crippen LogP contribution in [0, 0.1) is 0 Å². The van der Waals surface area contributed by atoms with Gasteiger partial charge in [0.15, 0.2) is 11.5 Å². The van der Waals surface area contributed by atoms with E-state index in [0.717, 1.165) is 12.8 Å². The van der Waals surface area contributed by atoms with Gasteiger partial charge in [-0.2, -0.15) is 0 Å². The first-order chi connectivity index (χ1) is 7.69. The highest BCUT2D eigenvalue weighted by molar-refractivity contribution is 5.88. The quantitative estimate of drug-likeness (QED) is 0.754. The van der Waals surface area contributed by atoms with Gasteiger partial charge < -0.3 is 14.6 Å². The number of rotatable bonds is 6. The Kier molecular flexibility index (Phi) is 4.64. The van der Waals surface area contributed by atoms with Gasteiger partial charge >= 0.3 is 5.97 Å². The van der Waals surface area contributed by atoms with Crippen LogP contribution in [0.4, 0.5) is 0 Å². The van der Waals surface area contributed by atoms with Crippen molar-refractivity contribution in [3.8, 4) is 11.5 Å². The molecule has 1 aromatic rings. The molecule has 0 saturated heterocycles. The number of aromatic carboxylic acids is 1. The summed E-state index contributed by atoms with van der Waals surface area (Å²) in [4.78, 5) is 10.8. The lowest BCUT2D eigenvalue weighted by molar-refractivity contribution is 0.0696. The number of carboxylic acid groups (broad SMARTS) is 1. The summed E-state index contributed by atoms with van der Waals surface area (Å²) in [5.41, 5.74) is 0.201. The Morgan fingerprint density at radius 1 is 1.38 bits per heavy atom. The zero-order valence-electron chi connectivity index (χ0n) is 9.53. The van der Waals surface area contributed by atoms with Gasteiger partial charge in [-0.1, -0.05) is 13.3 Å². The Bertz CT molecular complexity index is 360. The average Bonchev–Trinajstić information content (AvgIpc) is 2.29. The van der Waals surface area contributed by atoms with Crippen molar-refractivity contribution in [3.63, 3.8) is 0 Å². The van der Waals surface area contributed by atoms with E-state index in [0.29, 0.717) is 18.1 Å². The van der Waals surface area contributed by atoms with Crippen LogP contribution in [0.3, 0.4) is 0 Å². The second-order valence-corrected chi connectivity index (χ2v) is 3.37. The molecule has 0 aliphatic heterocycles. The number of hydrogen-bond acceptors (Lipinski definition) is 3. The average molecular weight is 224 g/mol. The van der Waals surface area contributed by atoms with Crippen LogP contribution in [0.5, 0.6) is 11.5 Å². The lowest BCUT2D eigenvalue weighted by atomic mass is 10.2. The first kappa shape index (κ1) is 12.4. The van der Waals surface area contributed by atoms with Crippen molar-refractivity contribution in [2.24, 2.45) is 0 Å². The fraction of sp³-hybridized carbons (Fsp3) is 0.417. The summed E-state index contributed by atoms with van der Waals surface area (Å²) < 4.78 is 10.6. The van der Waals surface area contributed by atoms with Gasteiger partial charge in [0.1, 0.15) is 0 Å². The molecule has 0 aromatic heterocycles. The second kappa shape index (κ2) is 6.00. The summed E-state index contributed by atoms with van der Waals surface area (Å²) in [5, 5.41) is 8.85. The molecule has 0 fully saturated rings. The number of carboxylic acids is 1. The molecular weight excluding hydrogens is 208 g/mol. The summed E-state index contributed by atoms with van der Waals surface area (Å²) in [5.74, 6) is 0.0694. The standard InChI is InChI=1S/C12H16O4/c1-3-4-7-16-11-8-9(12(13)14)5-6-10(11)15-2/h5-6,8H,3-4,7H2,1-2H3,(H,13,14). The van der Waals surface area contributed by atoms with Crippen LogP contribution in [0.15, 0.2) is 18.2 Å². The highest BCUT2D eigenvalue weighted by atomic mass is 16.5. The van der Waals surface area contributed by atoms with Crippen molar-refractivity contribution in [1.29, 1.82) is 0 Å². The molecule has 1 rings (SSSR count). The first-order valence-electron chi connectivity index (χ1n) is 5.23. The molecule has 4 nitrogen and oxygen atoms in total. The topological polar surface area (TPSA) is 55.8 Å². The van der Waals surface area contributed by atoms with Crippen LogP contribution in [0.25, 0.3) is 0 Å². The molecule has 0 unspecified atom stereocenters. The van der Waals surface area contributed by atoms with E-state index in [1.165, 1.54) is 19.2 Å². The summed E-state index contributed by atoms with van der Waals surface area (Å²) >= 11 is 0. The molecule has 1 N–H and O–H groups in total. The van der Waals surface area contributed by atoms with E-state index in [1.54, 1.807) is 6.07 Å². The van der Waals surface area contributed by atoms with Gasteiger partial charge in [-0.3, -0.25) is 0 Å². The van der Waals surface area contributed by atoms with Gasteiger partial charge in [-0.05, 0) is 24.6 Å². The Hall–Kier alpha value is -1.71. The molecule has 0 spiro atoms. The second-order valence-electron chi connectivity index (χ2n) is 3.37. The number of hydrogen-bond donors (Lipinski definition) is 1. The van der Waals surface area contributed by atoms with E-state index in [9.17, 15) is 4.79 Å². The van der Waals surface area contributed by atoms with Gasteiger partial charge in [-0.15, -0.1) is 0 Å². The molecule has 1 aromatic carbocycles. The first-order valence-corrected chi connectivity index (χ1v) is 5.23. The highest BCUT2D eigenvalue weighted by Crippen LogP contribution is 2.28. The molecule has 0 aliphatic rings. The van der Waals surface area contributed by atoms with Crippen LogP contribution < -0.4 is 9.47 Å². The maximum absolute atomic E-state index is 10.8. The van der Waals surface area contributed by atoms with Gasteiger partial charge in [-0.25, -0.2) is 4.79 Å². The summed E-state index contributed by atoms with van der Waals surface area (Å²) in [7, 11) is 1.53. The Balaban J connectivity index is 2.84. The number of methoxy groups -OCH3 is 1. The van der Waals surface area contributed by atoms with Crippen LogP contribution in [-0.4, -0.2) is 24.8 Å².